The predicted octanol–water partition coefficient (Wildman–Crippen LogP) is 4.52. The Labute approximate surface area is 175 Å². The van der Waals surface area contributed by atoms with Crippen LogP contribution >= 0.6 is 0 Å². The molecule has 152 valence electrons. The molecule has 0 amide bonds. The van der Waals surface area contributed by atoms with Gasteiger partial charge in [0.25, 0.3) is 0 Å². The number of hydrogen-bond donors (Lipinski definition) is 1. The van der Waals surface area contributed by atoms with Crippen molar-refractivity contribution in [2.75, 3.05) is 12.4 Å². The Morgan fingerprint density at radius 1 is 0.967 bits per heavy atom. The Balaban J connectivity index is 1.67. The number of sulfone groups is 1. The van der Waals surface area contributed by atoms with Crippen LogP contribution < -0.4 is 14.8 Å². The lowest BCUT2D eigenvalue weighted by molar-refractivity contribution is 0.306. The van der Waals surface area contributed by atoms with Crippen LogP contribution in [0.15, 0.2) is 94.9 Å². The lowest BCUT2D eigenvalue weighted by Crippen LogP contribution is -2.05. The Bertz CT molecular complexity index is 1150. The Morgan fingerprint density at radius 2 is 1.60 bits per heavy atom. The molecule has 0 atom stereocenters. The summed E-state index contributed by atoms with van der Waals surface area (Å²) in [6.07, 6.45) is 1.18. The van der Waals surface area contributed by atoms with Gasteiger partial charge in [0, 0.05) is 11.9 Å². The zero-order chi connectivity index (χ0) is 21.4. The smallest absolute Gasteiger partial charge is 0.218 e. The van der Waals surface area contributed by atoms with E-state index in [0.717, 1.165) is 5.56 Å². The minimum Gasteiger partial charge on any atom is -0.497 e. The highest BCUT2D eigenvalue weighted by Crippen LogP contribution is 2.23. The zero-order valence-electron chi connectivity index (χ0n) is 16.3. The number of methoxy groups -OCH3 is 1. The number of anilines is 1. The molecule has 30 heavy (non-hydrogen) atoms. The molecule has 6 nitrogen and oxygen atoms in total. The molecule has 0 aliphatic rings. The highest BCUT2D eigenvalue weighted by atomic mass is 32.2. The average molecular weight is 420 g/mol. The Hall–Kier alpha value is -3.76. The Morgan fingerprint density at radius 3 is 2.20 bits per heavy atom. The second-order valence-corrected chi connectivity index (χ2v) is 8.16. The molecule has 0 aliphatic carbocycles. The number of nitriles is 1. The minimum absolute atomic E-state index is 0.0163. The number of rotatable bonds is 8. The topological polar surface area (TPSA) is 88.4 Å². The monoisotopic (exact) mass is 420 g/mol. The second-order valence-electron chi connectivity index (χ2n) is 6.24. The largest absolute Gasteiger partial charge is 0.497 e. The van der Waals surface area contributed by atoms with E-state index in [1.54, 1.807) is 30.3 Å². The van der Waals surface area contributed by atoms with Gasteiger partial charge in [-0.2, -0.15) is 5.26 Å². The van der Waals surface area contributed by atoms with Crippen LogP contribution in [0.4, 0.5) is 5.69 Å². The van der Waals surface area contributed by atoms with Gasteiger partial charge in [-0.3, -0.25) is 0 Å². The standard InChI is InChI=1S/C23H20N2O4S/c1-28-20-11-13-22(14-12-20)30(26,27)23(15-24)16-25-19-7-9-21(10-8-19)29-17-18-5-3-2-4-6-18/h2-14,16,25H,17H2,1H3. The van der Waals surface area contributed by atoms with Crippen molar-refractivity contribution < 1.29 is 17.9 Å². The summed E-state index contributed by atoms with van der Waals surface area (Å²) in [6.45, 7) is 0.451. The maximum Gasteiger partial charge on any atom is 0.218 e. The van der Waals surface area contributed by atoms with E-state index in [0.29, 0.717) is 23.8 Å². The molecule has 0 aliphatic heterocycles. The summed E-state index contributed by atoms with van der Waals surface area (Å²) in [4.78, 5) is -0.375. The van der Waals surface area contributed by atoms with Crippen molar-refractivity contribution in [1.29, 1.82) is 5.26 Å². The second kappa shape index (κ2) is 9.63. The van der Waals surface area contributed by atoms with Crippen molar-refractivity contribution in [3.8, 4) is 17.6 Å². The van der Waals surface area contributed by atoms with Gasteiger partial charge in [-0.1, -0.05) is 30.3 Å². The molecule has 1 N–H and O–H groups in total. The van der Waals surface area contributed by atoms with Gasteiger partial charge in [0.05, 0.1) is 12.0 Å². The van der Waals surface area contributed by atoms with Crippen LogP contribution in [0.2, 0.25) is 0 Å². The van der Waals surface area contributed by atoms with E-state index in [1.165, 1.54) is 37.6 Å². The maximum atomic E-state index is 12.7. The third kappa shape index (κ3) is 5.19. The highest BCUT2D eigenvalue weighted by Gasteiger charge is 2.20. The first-order valence-electron chi connectivity index (χ1n) is 9.05. The third-order valence-corrected chi connectivity index (χ3v) is 5.92. The molecule has 0 fully saturated rings. The summed E-state index contributed by atoms with van der Waals surface area (Å²) in [5, 5.41) is 12.2. The normalized spacial score (nSPS) is 11.4. The molecular weight excluding hydrogens is 400 g/mol. The predicted molar refractivity (Wildman–Crippen MR) is 115 cm³/mol. The molecule has 0 spiro atoms. The lowest BCUT2D eigenvalue weighted by atomic mass is 10.2. The first kappa shape index (κ1) is 21.0. The van der Waals surface area contributed by atoms with Gasteiger partial charge in [0.15, 0.2) is 4.91 Å². The average Bonchev–Trinajstić information content (AvgIpc) is 2.79. The highest BCUT2D eigenvalue weighted by molar-refractivity contribution is 7.95. The first-order chi connectivity index (χ1) is 14.5. The molecule has 0 aromatic heterocycles. The quantitative estimate of drug-likeness (QED) is 0.539. The zero-order valence-corrected chi connectivity index (χ0v) is 17.1. The van der Waals surface area contributed by atoms with E-state index in [4.69, 9.17) is 9.47 Å². The van der Waals surface area contributed by atoms with Gasteiger partial charge >= 0.3 is 0 Å². The van der Waals surface area contributed by atoms with E-state index in [-0.39, 0.29) is 4.90 Å². The van der Waals surface area contributed by atoms with Crippen molar-refractivity contribution in [2.45, 2.75) is 11.5 Å². The number of allylic oxidation sites excluding steroid dienone is 1. The third-order valence-electron chi connectivity index (χ3n) is 4.24. The molecule has 3 rings (SSSR count). The van der Waals surface area contributed by atoms with Crippen LogP contribution in [0, 0.1) is 11.3 Å². The number of nitrogens with one attached hydrogen (secondary N) is 1. The summed E-state index contributed by atoms with van der Waals surface area (Å²) >= 11 is 0. The van der Waals surface area contributed by atoms with Crippen molar-refractivity contribution in [3.63, 3.8) is 0 Å². The fourth-order valence-electron chi connectivity index (χ4n) is 2.59. The van der Waals surface area contributed by atoms with Gasteiger partial charge in [-0.05, 0) is 54.1 Å². The summed E-state index contributed by atoms with van der Waals surface area (Å²) in [5.74, 6) is 1.21. The number of hydrogen-bond acceptors (Lipinski definition) is 6. The van der Waals surface area contributed by atoms with Crippen molar-refractivity contribution in [3.05, 3.63) is 95.5 Å². The molecule has 3 aromatic rings. The van der Waals surface area contributed by atoms with Crippen LogP contribution in [0.5, 0.6) is 11.5 Å². The molecule has 7 heteroatoms. The lowest BCUT2D eigenvalue weighted by Gasteiger charge is -2.08. The fourth-order valence-corrected chi connectivity index (χ4v) is 3.67. The van der Waals surface area contributed by atoms with Crippen molar-refractivity contribution in [2.24, 2.45) is 0 Å². The number of ether oxygens (including phenoxy) is 2. The number of benzene rings is 3. The minimum atomic E-state index is -3.94. The molecule has 0 unspecified atom stereocenters. The maximum absolute atomic E-state index is 12.7. The molecule has 0 saturated heterocycles. The van der Waals surface area contributed by atoms with E-state index in [2.05, 4.69) is 5.32 Å². The van der Waals surface area contributed by atoms with Crippen LogP contribution in [-0.4, -0.2) is 15.5 Å². The van der Waals surface area contributed by atoms with E-state index < -0.39 is 14.7 Å². The molecule has 0 radical (unpaired) electrons. The summed E-state index contributed by atoms with van der Waals surface area (Å²) in [7, 11) is -2.44. The van der Waals surface area contributed by atoms with Crippen LogP contribution in [0.25, 0.3) is 0 Å². The Kier molecular flexibility index (Phi) is 6.73. The van der Waals surface area contributed by atoms with E-state index in [9.17, 15) is 13.7 Å². The van der Waals surface area contributed by atoms with E-state index in [1.807, 2.05) is 30.3 Å². The first-order valence-corrected chi connectivity index (χ1v) is 10.5. The van der Waals surface area contributed by atoms with E-state index >= 15 is 0 Å². The SMILES string of the molecule is COc1ccc(S(=O)(=O)C(C#N)=CNc2ccc(OCc3ccccc3)cc2)cc1. The fraction of sp³-hybridized carbons (Fsp3) is 0.0870. The molecule has 0 heterocycles. The van der Waals surface area contributed by atoms with Crippen LogP contribution in [-0.2, 0) is 16.4 Å². The number of nitrogens with zero attached hydrogens (tertiary/aromatic N) is 1. The van der Waals surface area contributed by atoms with Gasteiger partial charge in [0.1, 0.15) is 24.2 Å². The van der Waals surface area contributed by atoms with Crippen LogP contribution in [0.3, 0.4) is 0 Å². The van der Waals surface area contributed by atoms with Gasteiger partial charge in [-0.25, -0.2) is 8.42 Å². The van der Waals surface area contributed by atoms with Gasteiger partial charge < -0.3 is 14.8 Å². The molecule has 0 bridgehead atoms. The molecule has 0 saturated carbocycles. The van der Waals surface area contributed by atoms with Crippen molar-refractivity contribution in [1.82, 2.24) is 0 Å². The van der Waals surface area contributed by atoms with Gasteiger partial charge in [0.2, 0.25) is 9.84 Å². The van der Waals surface area contributed by atoms with Gasteiger partial charge in [-0.15, -0.1) is 0 Å². The summed E-state index contributed by atoms with van der Waals surface area (Å²) in [5.41, 5.74) is 1.68. The molecular formula is C23H20N2O4S. The van der Waals surface area contributed by atoms with Crippen LogP contribution in [0.1, 0.15) is 5.56 Å². The van der Waals surface area contributed by atoms with Crippen molar-refractivity contribution >= 4 is 15.5 Å². The summed E-state index contributed by atoms with van der Waals surface area (Å²) < 4.78 is 36.1. The summed E-state index contributed by atoms with van der Waals surface area (Å²) in [6, 6.07) is 24.4. The molecule has 3 aromatic carbocycles.